The van der Waals surface area contributed by atoms with Gasteiger partial charge in [0.1, 0.15) is 6.04 Å². The first-order valence-electron chi connectivity index (χ1n) is 5.93. The van der Waals surface area contributed by atoms with E-state index in [0.717, 1.165) is 13.1 Å². The van der Waals surface area contributed by atoms with Crippen LogP contribution in [0.1, 0.15) is 0 Å². The van der Waals surface area contributed by atoms with Gasteiger partial charge in [-0.15, -0.1) is 0 Å². The van der Waals surface area contributed by atoms with Gasteiger partial charge in [0, 0.05) is 32.7 Å². The number of hydrogen-bond donors (Lipinski definition) is 4. The van der Waals surface area contributed by atoms with E-state index in [2.05, 4.69) is 14.3 Å². The first-order chi connectivity index (χ1) is 8.91. The van der Waals surface area contributed by atoms with Gasteiger partial charge in [0.15, 0.2) is 0 Å². The summed E-state index contributed by atoms with van der Waals surface area (Å²) < 4.78 is 32.6. The lowest BCUT2D eigenvalue weighted by Gasteiger charge is -2.26. The van der Waals surface area contributed by atoms with Crippen molar-refractivity contribution >= 4 is 16.2 Å². The minimum Gasteiger partial charge on any atom is -0.480 e. The van der Waals surface area contributed by atoms with E-state index in [1.54, 1.807) is 0 Å². The lowest BCUT2D eigenvalue weighted by Crippen LogP contribution is -2.48. The summed E-state index contributed by atoms with van der Waals surface area (Å²) in [6, 6.07) is -1.25. The molecule has 9 nitrogen and oxygen atoms in total. The van der Waals surface area contributed by atoms with Crippen LogP contribution in [0.3, 0.4) is 0 Å². The molecule has 19 heavy (non-hydrogen) atoms. The summed E-state index contributed by atoms with van der Waals surface area (Å²) in [5, 5.41) is 8.53. The largest absolute Gasteiger partial charge is 0.480 e. The van der Waals surface area contributed by atoms with Crippen molar-refractivity contribution < 1.29 is 23.1 Å². The summed E-state index contributed by atoms with van der Waals surface area (Å²) >= 11 is 0. The number of nitrogens with zero attached hydrogens (tertiary/aromatic N) is 1. The molecule has 1 aliphatic heterocycles. The molecule has 0 aromatic rings. The lowest BCUT2D eigenvalue weighted by atomic mass is 10.3. The van der Waals surface area contributed by atoms with E-state index in [1.165, 1.54) is 0 Å². The zero-order valence-corrected chi connectivity index (χ0v) is 11.4. The fourth-order valence-electron chi connectivity index (χ4n) is 1.50. The standard InChI is InChI=1S/C9H20N4O5S/c10-8(9(14)15)7-12-19(16,17)11-1-2-13-3-5-18-6-4-13/h8,11-12H,1-7,10H2,(H,14,15). The minimum atomic E-state index is -3.71. The maximum Gasteiger partial charge on any atom is 0.321 e. The second-order valence-electron chi connectivity index (χ2n) is 4.14. The summed E-state index contributed by atoms with van der Waals surface area (Å²) in [4.78, 5) is 12.5. The summed E-state index contributed by atoms with van der Waals surface area (Å²) in [7, 11) is -3.71. The highest BCUT2D eigenvalue weighted by Crippen LogP contribution is 1.94. The monoisotopic (exact) mass is 296 g/mol. The molecule has 1 unspecified atom stereocenters. The number of nitrogens with two attached hydrogens (primary N) is 1. The van der Waals surface area contributed by atoms with Crippen LogP contribution in [-0.4, -0.2) is 76.4 Å². The smallest absolute Gasteiger partial charge is 0.321 e. The predicted molar refractivity (Wildman–Crippen MR) is 67.8 cm³/mol. The van der Waals surface area contributed by atoms with Gasteiger partial charge in [-0.2, -0.15) is 8.42 Å². The van der Waals surface area contributed by atoms with E-state index < -0.39 is 22.2 Å². The molecular formula is C9H20N4O5S. The lowest BCUT2D eigenvalue weighted by molar-refractivity contribution is -0.138. The molecule has 112 valence electrons. The Balaban J connectivity index is 2.20. The normalized spacial score (nSPS) is 19.2. The Morgan fingerprint density at radius 3 is 2.58 bits per heavy atom. The third kappa shape index (κ3) is 6.80. The molecule has 0 saturated carbocycles. The molecule has 0 aromatic heterocycles. The number of morpholine rings is 1. The molecule has 10 heteroatoms. The van der Waals surface area contributed by atoms with Gasteiger partial charge in [-0.25, -0.2) is 9.44 Å². The van der Waals surface area contributed by atoms with Crippen molar-refractivity contribution in [1.29, 1.82) is 0 Å². The number of aliphatic carboxylic acids is 1. The van der Waals surface area contributed by atoms with Gasteiger partial charge in [-0.3, -0.25) is 9.69 Å². The van der Waals surface area contributed by atoms with Crippen LogP contribution in [0.15, 0.2) is 0 Å². The van der Waals surface area contributed by atoms with Crippen LogP contribution in [0.5, 0.6) is 0 Å². The molecule has 0 aromatic carbocycles. The number of carbonyl (C=O) groups is 1. The van der Waals surface area contributed by atoms with Crippen molar-refractivity contribution in [2.45, 2.75) is 6.04 Å². The Morgan fingerprint density at radius 1 is 1.37 bits per heavy atom. The predicted octanol–water partition coefficient (Wildman–Crippen LogP) is -2.85. The maximum atomic E-state index is 11.5. The average Bonchev–Trinajstić information content (AvgIpc) is 2.37. The molecule has 1 fully saturated rings. The van der Waals surface area contributed by atoms with Gasteiger partial charge in [0.05, 0.1) is 13.2 Å². The highest BCUT2D eigenvalue weighted by Gasteiger charge is 2.16. The summed E-state index contributed by atoms with van der Waals surface area (Å²) in [5.74, 6) is -1.25. The van der Waals surface area contributed by atoms with Crippen LogP contribution < -0.4 is 15.2 Å². The zero-order chi connectivity index (χ0) is 14.3. The third-order valence-corrected chi connectivity index (χ3v) is 3.77. The van der Waals surface area contributed by atoms with Crippen molar-refractivity contribution in [2.24, 2.45) is 5.73 Å². The highest BCUT2D eigenvalue weighted by atomic mass is 32.2. The molecular weight excluding hydrogens is 276 g/mol. The average molecular weight is 296 g/mol. The van der Waals surface area contributed by atoms with Crippen molar-refractivity contribution in [2.75, 3.05) is 45.9 Å². The fourth-order valence-corrected chi connectivity index (χ4v) is 2.36. The van der Waals surface area contributed by atoms with Crippen molar-refractivity contribution in [3.05, 3.63) is 0 Å². The van der Waals surface area contributed by atoms with E-state index in [9.17, 15) is 13.2 Å². The number of rotatable bonds is 8. The fraction of sp³-hybridized carbons (Fsp3) is 0.889. The number of carboxylic acid groups (broad SMARTS) is 1. The van der Waals surface area contributed by atoms with Crippen molar-refractivity contribution in [1.82, 2.24) is 14.3 Å². The molecule has 0 bridgehead atoms. The highest BCUT2D eigenvalue weighted by molar-refractivity contribution is 7.87. The number of carboxylic acids is 1. The van der Waals surface area contributed by atoms with Crippen LogP contribution in [0.2, 0.25) is 0 Å². The van der Waals surface area contributed by atoms with Crippen LogP contribution in [0.4, 0.5) is 0 Å². The Morgan fingerprint density at radius 2 is 2.00 bits per heavy atom. The van der Waals surface area contributed by atoms with Gasteiger partial charge >= 0.3 is 5.97 Å². The van der Waals surface area contributed by atoms with E-state index >= 15 is 0 Å². The van der Waals surface area contributed by atoms with Crippen molar-refractivity contribution in [3.8, 4) is 0 Å². The molecule has 5 N–H and O–H groups in total. The Bertz CT molecular complexity index is 382. The Labute approximate surface area is 112 Å². The number of ether oxygens (including phenoxy) is 1. The van der Waals surface area contributed by atoms with Crippen LogP contribution in [-0.2, 0) is 19.7 Å². The molecule has 1 aliphatic rings. The van der Waals surface area contributed by atoms with Gasteiger partial charge < -0.3 is 15.6 Å². The minimum absolute atomic E-state index is 0.248. The molecule has 1 atom stereocenters. The van der Waals surface area contributed by atoms with Crippen LogP contribution in [0, 0.1) is 0 Å². The maximum absolute atomic E-state index is 11.5. The van der Waals surface area contributed by atoms with Gasteiger partial charge in [-0.05, 0) is 0 Å². The molecule has 1 saturated heterocycles. The van der Waals surface area contributed by atoms with E-state index in [4.69, 9.17) is 15.6 Å². The number of hydrogen-bond acceptors (Lipinski definition) is 6. The Kier molecular flexibility index (Phi) is 6.62. The molecule has 0 spiro atoms. The van der Waals surface area contributed by atoms with E-state index in [-0.39, 0.29) is 13.1 Å². The van der Waals surface area contributed by atoms with E-state index in [0.29, 0.717) is 19.8 Å². The van der Waals surface area contributed by atoms with Gasteiger partial charge in [-0.1, -0.05) is 0 Å². The van der Waals surface area contributed by atoms with Gasteiger partial charge in [0.2, 0.25) is 0 Å². The second-order valence-corrected chi connectivity index (χ2v) is 5.73. The summed E-state index contributed by atoms with van der Waals surface area (Å²) in [5.41, 5.74) is 5.19. The molecule has 1 rings (SSSR count). The summed E-state index contributed by atoms with van der Waals surface area (Å²) in [6.07, 6.45) is 0. The topological polar surface area (TPSA) is 134 Å². The quantitative estimate of drug-likeness (QED) is 0.379. The first kappa shape index (κ1) is 16.3. The molecule has 0 amide bonds. The molecule has 0 radical (unpaired) electrons. The van der Waals surface area contributed by atoms with Crippen molar-refractivity contribution in [3.63, 3.8) is 0 Å². The third-order valence-electron chi connectivity index (χ3n) is 2.63. The Hall–Kier alpha value is -0.780. The number of nitrogens with one attached hydrogen (secondary N) is 2. The zero-order valence-electron chi connectivity index (χ0n) is 10.5. The van der Waals surface area contributed by atoms with E-state index in [1.807, 2.05) is 0 Å². The van der Waals surface area contributed by atoms with Crippen LogP contribution >= 0.6 is 0 Å². The first-order valence-corrected chi connectivity index (χ1v) is 7.42. The van der Waals surface area contributed by atoms with Crippen LogP contribution in [0.25, 0.3) is 0 Å². The van der Waals surface area contributed by atoms with Gasteiger partial charge in [0.25, 0.3) is 10.2 Å². The molecule has 0 aliphatic carbocycles. The SMILES string of the molecule is NC(CNS(=O)(=O)NCCN1CCOCC1)C(=O)O. The summed E-state index contributed by atoms with van der Waals surface area (Å²) in [6.45, 7) is 3.34. The second kappa shape index (κ2) is 7.72. The molecule has 1 heterocycles.